The summed E-state index contributed by atoms with van der Waals surface area (Å²) < 4.78 is 74.9. The number of halogens is 5. The van der Waals surface area contributed by atoms with Crippen LogP contribution in [0, 0.1) is 11.6 Å². The Morgan fingerprint density at radius 2 is 1.80 bits per heavy atom. The summed E-state index contributed by atoms with van der Waals surface area (Å²) >= 11 is 6.65. The number of hydrogen-bond acceptors (Lipinski definition) is 8. The van der Waals surface area contributed by atoms with Gasteiger partial charge in [0.25, 0.3) is 5.92 Å². The van der Waals surface area contributed by atoms with E-state index in [1.54, 1.807) is 25.7 Å². The van der Waals surface area contributed by atoms with Crippen LogP contribution in [0.1, 0.15) is 34.6 Å². The molecule has 2 atom stereocenters. The van der Waals surface area contributed by atoms with E-state index < -0.39 is 29.3 Å². The van der Waals surface area contributed by atoms with Crippen molar-refractivity contribution in [2.45, 2.75) is 58.2 Å². The first-order valence-electron chi connectivity index (χ1n) is 14.6. The van der Waals surface area contributed by atoms with Crippen molar-refractivity contribution in [3.8, 4) is 22.9 Å². The van der Waals surface area contributed by atoms with Crippen molar-refractivity contribution in [1.82, 2.24) is 19.8 Å². The summed E-state index contributed by atoms with van der Waals surface area (Å²) in [7, 11) is 1.34. The van der Waals surface area contributed by atoms with Crippen LogP contribution >= 0.6 is 11.6 Å². The molecule has 0 saturated carbocycles. The molecule has 0 aliphatic carbocycles. The van der Waals surface area contributed by atoms with Crippen LogP contribution in [0.5, 0.6) is 11.8 Å². The molecule has 2 saturated heterocycles. The highest BCUT2D eigenvalue weighted by Gasteiger charge is 2.43. The van der Waals surface area contributed by atoms with E-state index in [1.165, 1.54) is 36.3 Å². The van der Waals surface area contributed by atoms with E-state index in [-0.39, 0.29) is 83.7 Å². The average molecular weight is 654 g/mol. The Morgan fingerprint density at radius 1 is 1.09 bits per heavy atom. The predicted molar refractivity (Wildman–Crippen MR) is 163 cm³/mol. The topological polar surface area (TPSA) is 80.3 Å². The minimum Gasteiger partial charge on any atom is -0.496 e. The van der Waals surface area contributed by atoms with Crippen molar-refractivity contribution < 1.29 is 36.6 Å². The third-order valence-corrected chi connectivity index (χ3v) is 8.02. The molecule has 244 valence electrons. The van der Waals surface area contributed by atoms with Crippen molar-refractivity contribution >= 4 is 34.4 Å². The van der Waals surface area contributed by atoms with Gasteiger partial charge in [-0.2, -0.15) is 9.97 Å². The van der Waals surface area contributed by atoms with Gasteiger partial charge in [0.2, 0.25) is 0 Å². The zero-order chi connectivity index (χ0) is 32.8. The van der Waals surface area contributed by atoms with Crippen LogP contribution in [0.4, 0.5) is 28.2 Å². The summed E-state index contributed by atoms with van der Waals surface area (Å²) in [4.78, 5) is 26.9. The number of carbonyl (C=O) groups excluding carboxylic acids is 1. The van der Waals surface area contributed by atoms with Crippen molar-refractivity contribution in [3.63, 3.8) is 0 Å². The maximum atomic E-state index is 16.5. The molecule has 0 unspecified atom stereocenters. The number of hydrogen-bond donors (Lipinski definition) is 0. The Kier molecular flexibility index (Phi) is 8.98. The summed E-state index contributed by atoms with van der Waals surface area (Å²) in [5.41, 5.74) is -1.26. The van der Waals surface area contributed by atoms with Crippen LogP contribution < -0.4 is 14.4 Å². The Morgan fingerprint density at radius 3 is 2.44 bits per heavy atom. The number of nitrogens with zero attached hydrogens (tertiary/aromatic N) is 5. The van der Waals surface area contributed by atoms with Crippen molar-refractivity contribution in [2.75, 3.05) is 51.3 Å². The number of amides is 1. The molecule has 45 heavy (non-hydrogen) atoms. The zero-order valence-electron chi connectivity index (χ0n) is 26.0. The molecular weight excluding hydrogens is 618 g/mol. The normalized spacial score (nSPS) is 20.2. The number of fused-ring (bicyclic) bond motifs is 1. The lowest BCUT2D eigenvalue weighted by Crippen LogP contribution is -2.59. The molecule has 2 aliphatic rings. The minimum atomic E-state index is -2.73. The second-order valence-corrected chi connectivity index (χ2v) is 12.9. The lowest BCUT2D eigenvalue weighted by atomic mass is 10.00. The second-order valence-electron chi connectivity index (χ2n) is 12.5. The van der Waals surface area contributed by atoms with Gasteiger partial charge in [0.05, 0.1) is 30.8 Å². The summed E-state index contributed by atoms with van der Waals surface area (Å²) in [6.45, 7) is 9.12. The van der Waals surface area contributed by atoms with E-state index in [2.05, 4.69) is 9.97 Å². The Labute approximate surface area is 264 Å². The molecule has 1 aromatic heterocycles. The smallest absolute Gasteiger partial charge is 0.410 e. The third kappa shape index (κ3) is 6.84. The summed E-state index contributed by atoms with van der Waals surface area (Å²) in [5, 5.41) is 0.157. The first-order valence-corrected chi connectivity index (χ1v) is 15.0. The number of likely N-dealkylation sites (tertiary alicyclic amines) is 1. The van der Waals surface area contributed by atoms with Gasteiger partial charge >= 0.3 is 12.1 Å². The molecule has 2 aromatic carbocycles. The first-order chi connectivity index (χ1) is 21.1. The Bertz CT molecular complexity index is 1600. The number of carbonyl (C=O) groups is 1. The van der Waals surface area contributed by atoms with Gasteiger partial charge in [-0.15, -0.1) is 0 Å². The van der Waals surface area contributed by atoms with E-state index in [4.69, 9.17) is 25.8 Å². The fourth-order valence-corrected chi connectivity index (χ4v) is 5.90. The van der Waals surface area contributed by atoms with Gasteiger partial charge in [0.1, 0.15) is 35.1 Å². The van der Waals surface area contributed by atoms with E-state index in [0.717, 1.165) is 0 Å². The van der Waals surface area contributed by atoms with Gasteiger partial charge in [0.15, 0.2) is 5.82 Å². The molecule has 2 aliphatic heterocycles. The summed E-state index contributed by atoms with van der Waals surface area (Å²) in [6.07, 6.45) is -0.452. The lowest BCUT2D eigenvalue weighted by Gasteiger charge is -2.45. The number of benzene rings is 2. The highest BCUT2D eigenvalue weighted by Crippen LogP contribution is 2.43. The van der Waals surface area contributed by atoms with Gasteiger partial charge in [-0.25, -0.2) is 22.4 Å². The quantitative estimate of drug-likeness (QED) is 0.271. The highest BCUT2D eigenvalue weighted by molar-refractivity contribution is 6.34. The summed E-state index contributed by atoms with van der Waals surface area (Å²) in [5.74, 6) is -4.01. The molecule has 14 heteroatoms. The van der Waals surface area contributed by atoms with Gasteiger partial charge in [-0.1, -0.05) is 17.7 Å². The zero-order valence-corrected chi connectivity index (χ0v) is 26.7. The predicted octanol–water partition coefficient (Wildman–Crippen LogP) is 6.40. The Hall–Kier alpha value is -3.58. The van der Waals surface area contributed by atoms with Crippen LogP contribution in [-0.2, 0) is 4.74 Å². The monoisotopic (exact) mass is 653 g/mol. The van der Waals surface area contributed by atoms with E-state index >= 15 is 8.78 Å². The molecule has 0 N–H and O–H groups in total. The van der Waals surface area contributed by atoms with Crippen LogP contribution in [-0.4, -0.2) is 95.9 Å². The molecular formula is C31H36ClF4N5O4. The lowest BCUT2D eigenvalue weighted by molar-refractivity contribution is -0.132. The fourth-order valence-electron chi connectivity index (χ4n) is 5.62. The van der Waals surface area contributed by atoms with E-state index in [9.17, 15) is 13.6 Å². The molecule has 2 fully saturated rings. The van der Waals surface area contributed by atoms with Gasteiger partial charge in [-0.05, 0) is 52.8 Å². The number of aromatic nitrogens is 2. The van der Waals surface area contributed by atoms with Gasteiger partial charge in [0, 0.05) is 42.7 Å². The van der Waals surface area contributed by atoms with Crippen LogP contribution in [0.3, 0.4) is 0 Å². The number of ether oxygens (including phenoxy) is 3. The number of methoxy groups -OCH3 is 1. The molecule has 1 amide bonds. The minimum absolute atomic E-state index is 0.0252. The van der Waals surface area contributed by atoms with Crippen molar-refractivity contribution in [3.05, 3.63) is 40.9 Å². The van der Waals surface area contributed by atoms with E-state index in [1.807, 2.05) is 18.7 Å². The molecule has 3 aromatic rings. The first kappa shape index (κ1) is 32.8. The maximum Gasteiger partial charge on any atom is 0.410 e. The van der Waals surface area contributed by atoms with Crippen LogP contribution in [0.15, 0.2) is 24.3 Å². The number of alkyl halides is 2. The molecule has 0 radical (unpaired) electrons. The van der Waals surface area contributed by atoms with Crippen LogP contribution in [0.2, 0.25) is 5.02 Å². The van der Waals surface area contributed by atoms with Crippen molar-refractivity contribution in [1.29, 1.82) is 0 Å². The van der Waals surface area contributed by atoms with E-state index in [0.29, 0.717) is 12.4 Å². The molecule has 0 spiro atoms. The maximum absolute atomic E-state index is 16.5. The average Bonchev–Trinajstić information content (AvgIpc) is 2.93. The summed E-state index contributed by atoms with van der Waals surface area (Å²) in [6, 6.07) is 4.75. The molecule has 9 nitrogen and oxygen atoms in total. The molecule has 0 bridgehead atoms. The number of piperazine rings is 1. The number of anilines is 1. The molecule has 5 rings (SSSR count). The SMILES string of the molecule is COc1cccc(F)c1-c1c(Cl)cc2c(N3C[C@@H](C)N(C(=O)OC(C)(C)C)C[C@@H]3C)nc(OCCN3CC(F)(F)C3)nc2c1F. The largest absolute Gasteiger partial charge is 0.496 e. The second kappa shape index (κ2) is 12.3. The molecule has 3 heterocycles. The highest BCUT2D eigenvalue weighted by atomic mass is 35.5. The number of rotatable bonds is 7. The van der Waals surface area contributed by atoms with Gasteiger partial charge in [-0.3, -0.25) is 4.90 Å². The Balaban J connectivity index is 1.56. The standard InChI is InChI=1S/C31H36ClF4N5O4/c1-17-14-41(29(42)45-30(3,4)5)18(2)13-40(17)27-19-12-20(32)23(24-21(33)8-7-9-22(24)43-6)25(34)26(19)37-28(38-27)44-11-10-39-15-31(35,36)16-39/h7-9,12,17-18H,10-11,13-16H2,1-6H3/t17-,18+/m0/s1. The van der Waals surface area contributed by atoms with Gasteiger partial charge < -0.3 is 24.0 Å². The third-order valence-electron chi connectivity index (χ3n) is 7.72. The fraction of sp³-hybridized carbons (Fsp3) is 0.516. The van der Waals surface area contributed by atoms with Crippen molar-refractivity contribution in [2.24, 2.45) is 0 Å². The van der Waals surface area contributed by atoms with Crippen LogP contribution in [0.25, 0.3) is 22.0 Å².